The van der Waals surface area contributed by atoms with Gasteiger partial charge in [0.2, 0.25) is 0 Å². The number of thioether (sulfide) groups is 1. The molecule has 0 bridgehead atoms. The number of nitrogens with one attached hydrogen (secondary N) is 1. The highest BCUT2D eigenvalue weighted by Crippen LogP contribution is 2.28. The fourth-order valence-electron chi connectivity index (χ4n) is 1.29. The number of fused-ring (bicyclic) bond motifs is 1. The number of hydrogen-bond donors (Lipinski definition) is 1. The van der Waals surface area contributed by atoms with E-state index in [0.717, 1.165) is 22.2 Å². The lowest BCUT2D eigenvalue weighted by atomic mass is 10.3. The van der Waals surface area contributed by atoms with Crippen LogP contribution in [-0.2, 0) is 0 Å². The van der Waals surface area contributed by atoms with E-state index in [9.17, 15) is 0 Å². The van der Waals surface area contributed by atoms with Gasteiger partial charge < -0.3 is 5.32 Å². The molecule has 0 aliphatic rings. The van der Waals surface area contributed by atoms with E-state index in [4.69, 9.17) is 11.6 Å². The first-order valence-corrected chi connectivity index (χ1v) is 7.50. The Morgan fingerprint density at radius 1 is 1.56 bits per heavy atom. The number of anilines is 1. The van der Waals surface area contributed by atoms with Crippen LogP contribution in [0.5, 0.6) is 0 Å². The van der Waals surface area contributed by atoms with Gasteiger partial charge in [-0.1, -0.05) is 29.9 Å². The number of halogens is 1. The minimum Gasteiger partial charge on any atom is -0.360 e. The first kappa shape index (κ1) is 12.0. The highest BCUT2D eigenvalue weighted by molar-refractivity contribution is 7.99. The molecule has 2 aromatic rings. The van der Waals surface area contributed by atoms with Crippen LogP contribution in [0.3, 0.4) is 0 Å². The summed E-state index contributed by atoms with van der Waals surface area (Å²) in [6.07, 6.45) is 2.12. The van der Waals surface area contributed by atoms with E-state index in [1.54, 1.807) is 11.3 Å². The number of thiazole rings is 1. The van der Waals surface area contributed by atoms with Gasteiger partial charge in [0.1, 0.15) is 0 Å². The summed E-state index contributed by atoms with van der Waals surface area (Å²) in [5.74, 6) is 0. The van der Waals surface area contributed by atoms with Crippen molar-refractivity contribution in [2.45, 2.75) is 12.2 Å². The van der Waals surface area contributed by atoms with Crippen LogP contribution in [0.15, 0.2) is 18.2 Å². The Morgan fingerprint density at radius 2 is 2.38 bits per heavy atom. The summed E-state index contributed by atoms with van der Waals surface area (Å²) in [5, 5.41) is 5.65. The van der Waals surface area contributed by atoms with Crippen LogP contribution < -0.4 is 5.32 Å². The van der Waals surface area contributed by atoms with E-state index < -0.39 is 0 Å². The Balaban J connectivity index is 2.13. The first-order valence-electron chi connectivity index (χ1n) is 5.02. The molecule has 0 saturated heterocycles. The number of hydrogen-bond acceptors (Lipinski definition) is 4. The molecule has 0 aliphatic heterocycles. The van der Waals surface area contributed by atoms with E-state index in [-0.39, 0.29) is 0 Å². The van der Waals surface area contributed by atoms with Gasteiger partial charge in [0.15, 0.2) is 5.13 Å². The molecule has 1 heterocycles. The van der Waals surface area contributed by atoms with Crippen LogP contribution in [0.25, 0.3) is 10.2 Å². The van der Waals surface area contributed by atoms with Crippen molar-refractivity contribution in [3.05, 3.63) is 23.2 Å². The van der Waals surface area contributed by atoms with Gasteiger partial charge in [-0.15, -0.1) is 0 Å². The lowest BCUT2D eigenvalue weighted by molar-refractivity contribution is 1.00. The summed E-state index contributed by atoms with van der Waals surface area (Å²) in [4.78, 5) is 4.49. The second-order valence-corrected chi connectivity index (χ2v) is 6.30. The molecule has 5 heteroatoms. The molecule has 0 saturated carbocycles. The molecular weight excluding hydrogens is 260 g/mol. The summed E-state index contributed by atoms with van der Waals surface area (Å²) >= 11 is 9.43. The Hall–Kier alpha value is -0.450. The van der Waals surface area contributed by atoms with Crippen LogP contribution in [0, 0.1) is 0 Å². The van der Waals surface area contributed by atoms with Crippen molar-refractivity contribution in [3.63, 3.8) is 0 Å². The molecule has 86 valence electrons. The van der Waals surface area contributed by atoms with Crippen molar-refractivity contribution >= 4 is 50.0 Å². The van der Waals surface area contributed by atoms with E-state index in [2.05, 4.69) is 23.5 Å². The summed E-state index contributed by atoms with van der Waals surface area (Å²) in [5.41, 5.74) is 0.969. The van der Waals surface area contributed by atoms with E-state index in [1.807, 2.05) is 30.0 Å². The van der Waals surface area contributed by atoms with Gasteiger partial charge in [-0.25, -0.2) is 4.98 Å². The number of benzene rings is 1. The van der Waals surface area contributed by atoms with Crippen molar-refractivity contribution in [3.8, 4) is 0 Å². The quantitative estimate of drug-likeness (QED) is 0.907. The predicted octanol–water partition coefficient (Wildman–Crippen LogP) is 4.11. The predicted molar refractivity (Wildman–Crippen MR) is 76.1 cm³/mol. The van der Waals surface area contributed by atoms with Gasteiger partial charge in [-0.2, -0.15) is 11.8 Å². The Kier molecular flexibility index (Phi) is 3.95. The lowest BCUT2D eigenvalue weighted by Gasteiger charge is -2.07. The van der Waals surface area contributed by atoms with Gasteiger partial charge in [0.05, 0.1) is 10.2 Å². The molecule has 1 aromatic heterocycles. The summed E-state index contributed by atoms with van der Waals surface area (Å²) in [6.45, 7) is 3.14. The molecule has 0 aliphatic carbocycles. The second kappa shape index (κ2) is 5.25. The Bertz CT molecular complexity index is 484. The van der Waals surface area contributed by atoms with E-state index >= 15 is 0 Å². The topological polar surface area (TPSA) is 24.9 Å². The average Bonchev–Trinajstić information content (AvgIpc) is 2.67. The largest absolute Gasteiger partial charge is 0.360 e. The van der Waals surface area contributed by atoms with E-state index in [1.165, 1.54) is 4.70 Å². The van der Waals surface area contributed by atoms with Crippen molar-refractivity contribution < 1.29 is 0 Å². The zero-order valence-electron chi connectivity index (χ0n) is 9.16. The summed E-state index contributed by atoms with van der Waals surface area (Å²) in [7, 11) is 0. The fourth-order valence-corrected chi connectivity index (χ4v) is 2.56. The van der Waals surface area contributed by atoms with Crippen molar-refractivity contribution in [1.29, 1.82) is 0 Å². The van der Waals surface area contributed by atoms with Crippen molar-refractivity contribution in [1.82, 2.24) is 4.98 Å². The smallest absolute Gasteiger partial charge is 0.183 e. The van der Waals surface area contributed by atoms with Gasteiger partial charge in [0, 0.05) is 16.8 Å². The average molecular weight is 273 g/mol. The van der Waals surface area contributed by atoms with Crippen LogP contribution in [0.4, 0.5) is 5.13 Å². The molecule has 1 aromatic carbocycles. The van der Waals surface area contributed by atoms with Crippen molar-refractivity contribution in [2.75, 3.05) is 18.1 Å². The molecule has 0 amide bonds. The normalized spacial score (nSPS) is 12.9. The molecule has 0 radical (unpaired) electrons. The SMILES string of the molecule is CSC(C)CNc1nc2cc(Cl)ccc2s1. The molecule has 1 atom stereocenters. The van der Waals surface area contributed by atoms with Gasteiger partial charge in [0.25, 0.3) is 0 Å². The molecule has 0 spiro atoms. The Morgan fingerprint density at radius 3 is 3.12 bits per heavy atom. The van der Waals surface area contributed by atoms with E-state index in [0.29, 0.717) is 5.25 Å². The lowest BCUT2D eigenvalue weighted by Crippen LogP contribution is -2.12. The first-order chi connectivity index (χ1) is 7.69. The third kappa shape index (κ3) is 2.81. The van der Waals surface area contributed by atoms with Crippen LogP contribution >= 0.6 is 34.7 Å². The maximum atomic E-state index is 5.92. The highest BCUT2D eigenvalue weighted by Gasteiger charge is 2.05. The summed E-state index contributed by atoms with van der Waals surface area (Å²) in [6, 6.07) is 5.81. The number of aromatic nitrogens is 1. The monoisotopic (exact) mass is 272 g/mol. The highest BCUT2D eigenvalue weighted by atomic mass is 35.5. The van der Waals surface area contributed by atoms with Crippen molar-refractivity contribution in [2.24, 2.45) is 0 Å². The standard InChI is InChI=1S/C11H13ClN2S2/c1-7(15-2)6-13-11-14-9-5-8(12)3-4-10(9)16-11/h3-5,7H,6H2,1-2H3,(H,13,14). The molecule has 0 fully saturated rings. The molecule has 2 rings (SSSR count). The minimum atomic E-state index is 0.593. The molecule has 1 unspecified atom stereocenters. The Labute approximate surface area is 108 Å². The fraction of sp³-hybridized carbons (Fsp3) is 0.364. The maximum Gasteiger partial charge on any atom is 0.183 e. The number of rotatable bonds is 4. The zero-order valence-corrected chi connectivity index (χ0v) is 11.5. The molecular formula is C11H13ClN2S2. The maximum absolute atomic E-state index is 5.92. The third-order valence-corrected chi connectivity index (χ3v) is 4.49. The van der Waals surface area contributed by atoms with Gasteiger partial charge >= 0.3 is 0 Å². The summed E-state index contributed by atoms with van der Waals surface area (Å²) < 4.78 is 1.17. The molecule has 16 heavy (non-hydrogen) atoms. The van der Waals surface area contributed by atoms with Gasteiger partial charge in [-0.3, -0.25) is 0 Å². The van der Waals surface area contributed by atoms with Crippen LogP contribution in [0.2, 0.25) is 5.02 Å². The minimum absolute atomic E-state index is 0.593. The van der Waals surface area contributed by atoms with Crippen LogP contribution in [-0.4, -0.2) is 23.0 Å². The number of nitrogens with zero attached hydrogens (tertiary/aromatic N) is 1. The second-order valence-electron chi connectivity index (χ2n) is 3.56. The molecule has 2 nitrogen and oxygen atoms in total. The zero-order chi connectivity index (χ0) is 11.5. The van der Waals surface area contributed by atoms with Gasteiger partial charge in [-0.05, 0) is 24.5 Å². The third-order valence-electron chi connectivity index (χ3n) is 2.29. The van der Waals surface area contributed by atoms with Crippen LogP contribution in [0.1, 0.15) is 6.92 Å². The molecule has 1 N–H and O–H groups in total.